The summed E-state index contributed by atoms with van der Waals surface area (Å²) in [6.45, 7) is 6.41. The molecule has 0 radical (unpaired) electrons. The van der Waals surface area contributed by atoms with Crippen LogP contribution in [0.25, 0.3) is 0 Å². The number of hydrogen-bond acceptors (Lipinski definition) is 6. The summed E-state index contributed by atoms with van der Waals surface area (Å²) in [5.41, 5.74) is 3.80. The van der Waals surface area contributed by atoms with Gasteiger partial charge in [-0.25, -0.2) is 4.90 Å². The number of morpholine rings is 1. The lowest BCUT2D eigenvalue weighted by Gasteiger charge is -2.29. The molecule has 2 aliphatic heterocycles. The van der Waals surface area contributed by atoms with Gasteiger partial charge in [-0.1, -0.05) is 19.1 Å². The van der Waals surface area contributed by atoms with E-state index in [1.165, 1.54) is 10.5 Å². The lowest BCUT2D eigenvalue weighted by atomic mass is 10.1. The minimum atomic E-state index is -0.833. The highest BCUT2D eigenvalue weighted by molar-refractivity contribution is 6.23. The van der Waals surface area contributed by atoms with Gasteiger partial charge in [0.05, 0.1) is 25.3 Å². The first-order chi connectivity index (χ1) is 15.4. The smallest absolute Gasteiger partial charge is 0.300 e. The molecular weight excluding hydrogens is 410 g/mol. The molecule has 0 saturated carbocycles. The van der Waals surface area contributed by atoms with E-state index in [1.54, 1.807) is 0 Å². The molecule has 32 heavy (non-hydrogen) atoms. The predicted molar refractivity (Wildman–Crippen MR) is 123 cm³/mol. The van der Waals surface area contributed by atoms with Crippen LogP contribution >= 0.6 is 0 Å². The highest BCUT2D eigenvalue weighted by Crippen LogP contribution is 2.26. The molecule has 0 bridgehead atoms. The van der Waals surface area contributed by atoms with E-state index in [1.807, 2.05) is 48.5 Å². The fourth-order valence-corrected chi connectivity index (χ4v) is 3.69. The van der Waals surface area contributed by atoms with Crippen molar-refractivity contribution in [3.8, 4) is 0 Å². The predicted octanol–water partition coefficient (Wildman–Crippen LogP) is 2.92. The molecule has 2 amide bonds. The fraction of sp³-hybridized carbons (Fsp3) is 0.375. The monoisotopic (exact) mass is 439 g/mol. The van der Waals surface area contributed by atoms with Crippen molar-refractivity contribution in [1.29, 1.82) is 0 Å². The highest BCUT2D eigenvalue weighted by atomic mass is 16.5. The van der Waals surface area contributed by atoms with Crippen molar-refractivity contribution in [3.05, 3.63) is 54.1 Å². The van der Waals surface area contributed by atoms with Crippen LogP contribution < -0.4 is 15.1 Å². The number of nitrogens with zero attached hydrogens (tertiary/aromatic N) is 2. The van der Waals surface area contributed by atoms with Gasteiger partial charge in [0.15, 0.2) is 0 Å². The Morgan fingerprint density at radius 2 is 1.59 bits per heavy atom. The number of carboxylic acids is 1. The number of hydrogen-bond donors (Lipinski definition) is 2. The number of aryl methyl sites for hydroxylation is 1. The van der Waals surface area contributed by atoms with Gasteiger partial charge in [0.25, 0.3) is 11.9 Å². The molecule has 2 aromatic rings. The van der Waals surface area contributed by atoms with Crippen molar-refractivity contribution >= 4 is 34.8 Å². The molecule has 2 saturated heterocycles. The van der Waals surface area contributed by atoms with Crippen LogP contribution in [0.2, 0.25) is 0 Å². The van der Waals surface area contributed by atoms with E-state index in [9.17, 15) is 9.59 Å². The van der Waals surface area contributed by atoms with Gasteiger partial charge in [-0.3, -0.25) is 14.4 Å². The Kier molecular flexibility index (Phi) is 7.83. The Labute approximate surface area is 187 Å². The third-order valence-electron chi connectivity index (χ3n) is 5.33. The molecule has 0 aliphatic carbocycles. The number of rotatable bonds is 5. The molecular formula is C24H29N3O5. The van der Waals surface area contributed by atoms with Crippen molar-refractivity contribution in [2.75, 3.05) is 41.4 Å². The summed E-state index contributed by atoms with van der Waals surface area (Å²) in [6.07, 6.45) is 1.09. The van der Waals surface area contributed by atoms with Crippen molar-refractivity contribution in [2.45, 2.75) is 32.7 Å². The average molecular weight is 440 g/mol. The number of nitrogens with one attached hydrogen (secondary N) is 1. The van der Waals surface area contributed by atoms with E-state index in [4.69, 9.17) is 14.6 Å². The lowest BCUT2D eigenvalue weighted by Crippen LogP contribution is -2.36. The maximum Gasteiger partial charge on any atom is 0.300 e. The fourth-order valence-electron chi connectivity index (χ4n) is 3.69. The Bertz CT molecular complexity index is 933. The number of carboxylic acid groups (broad SMARTS) is 1. The third-order valence-corrected chi connectivity index (χ3v) is 5.33. The van der Waals surface area contributed by atoms with Crippen LogP contribution in [0.4, 0.5) is 17.1 Å². The Hall–Kier alpha value is -3.39. The van der Waals surface area contributed by atoms with Crippen molar-refractivity contribution < 1.29 is 24.2 Å². The van der Waals surface area contributed by atoms with E-state index in [0.717, 1.165) is 51.0 Å². The van der Waals surface area contributed by atoms with Crippen LogP contribution in [0.15, 0.2) is 48.5 Å². The largest absolute Gasteiger partial charge is 0.481 e. The molecule has 1 atom stereocenters. The average Bonchev–Trinajstić information content (AvgIpc) is 3.07. The molecule has 1 unspecified atom stereocenters. The van der Waals surface area contributed by atoms with Crippen molar-refractivity contribution in [1.82, 2.24) is 0 Å². The van der Waals surface area contributed by atoms with Gasteiger partial charge in [-0.15, -0.1) is 0 Å². The second-order valence-electron chi connectivity index (χ2n) is 7.65. The molecule has 8 heteroatoms. The van der Waals surface area contributed by atoms with Crippen LogP contribution in [0, 0.1) is 0 Å². The molecule has 4 rings (SSSR count). The molecule has 170 valence electrons. The summed E-state index contributed by atoms with van der Waals surface area (Å²) < 4.78 is 5.39. The van der Waals surface area contributed by atoms with E-state index >= 15 is 0 Å². The van der Waals surface area contributed by atoms with Gasteiger partial charge >= 0.3 is 0 Å². The number of anilines is 3. The first-order valence-electron chi connectivity index (χ1n) is 10.7. The molecule has 0 aromatic heterocycles. The number of benzene rings is 2. The maximum absolute atomic E-state index is 12.8. The number of imide groups is 1. The Morgan fingerprint density at radius 1 is 1.03 bits per heavy atom. The minimum absolute atomic E-state index is 0.166. The summed E-state index contributed by atoms with van der Waals surface area (Å²) >= 11 is 0. The van der Waals surface area contributed by atoms with Crippen molar-refractivity contribution in [2.24, 2.45) is 0 Å². The van der Waals surface area contributed by atoms with Crippen LogP contribution in [0.3, 0.4) is 0 Å². The number of carbonyl (C=O) groups is 3. The molecule has 2 N–H and O–H groups in total. The van der Waals surface area contributed by atoms with Crippen molar-refractivity contribution in [3.63, 3.8) is 0 Å². The van der Waals surface area contributed by atoms with Gasteiger partial charge in [-0.05, 0) is 48.4 Å². The molecule has 2 aliphatic rings. The maximum atomic E-state index is 12.8. The van der Waals surface area contributed by atoms with E-state index in [0.29, 0.717) is 5.69 Å². The van der Waals surface area contributed by atoms with Gasteiger partial charge in [0.1, 0.15) is 6.04 Å². The standard InChI is InChI=1S/C22H25N3O3.C2H4O2/c1-2-16-3-7-19(8-4-16)25-21(26)15-20(22(25)27)23-17-5-9-18(10-6-17)24-11-13-28-14-12-24;1-2(3)4/h3-10,20,23H,2,11-15H2,1H3;1H3,(H,3,4). The van der Waals surface area contributed by atoms with Crippen LogP contribution in [0.5, 0.6) is 0 Å². The van der Waals surface area contributed by atoms with Crippen LogP contribution in [-0.2, 0) is 25.5 Å². The quantitative estimate of drug-likeness (QED) is 0.691. The molecule has 2 aromatic carbocycles. The highest BCUT2D eigenvalue weighted by Gasteiger charge is 2.39. The minimum Gasteiger partial charge on any atom is -0.481 e. The normalized spacial score (nSPS) is 18.2. The SMILES string of the molecule is CC(=O)O.CCc1ccc(N2C(=O)CC(Nc3ccc(N4CCOCC4)cc3)C2=O)cc1. The van der Waals surface area contributed by atoms with E-state index in [-0.39, 0.29) is 18.2 Å². The molecule has 0 spiro atoms. The second-order valence-corrected chi connectivity index (χ2v) is 7.65. The summed E-state index contributed by atoms with van der Waals surface area (Å²) in [7, 11) is 0. The van der Waals surface area contributed by atoms with Gasteiger partial charge in [0.2, 0.25) is 5.91 Å². The summed E-state index contributed by atoms with van der Waals surface area (Å²) in [5.74, 6) is -1.21. The molecule has 2 heterocycles. The number of ether oxygens (including phenoxy) is 1. The third kappa shape index (κ3) is 5.85. The molecule has 2 fully saturated rings. The zero-order chi connectivity index (χ0) is 23.1. The number of amides is 2. The first kappa shape index (κ1) is 23.3. The van der Waals surface area contributed by atoms with E-state index in [2.05, 4.69) is 17.1 Å². The molecule has 8 nitrogen and oxygen atoms in total. The Balaban J connectivity index is 0.000000668. The number of aliphatic carboxylic acids is 1. The van der Waals surface area contributed by atoms with Gasteiger partial charge in [0, 0.05) is 31.4 Å². The van der Waals surface area contributed by atoms with Crippen LogP contribution in [0.1, 0.15) is 25.8 Å². The summed E-state index contributed by atoms with van der Waals surface area (Å²) in [6, 6.07) is 15.1. The zero-order valence-corrected chi connectivity index (χ0v) is 18.4. The van der Waals surface area contributed by atoms with E-state index < -0.39 is 12.0 Å². The van der Waals surface area contributed by atoms with Gasteiger partial charge in [-0.2, -0.15) is 0 Å². The lowest BCUT2D eigenvalue weighted by molar-refractivity contribution is -0.134. The van der Waals surface area contributed by atoms with Crippen LogP contribution in [-0.4, -0.2) is 55.2 Å². The summed E-state index contributed by atoms with van der Waals surface area (Å²) in [5, 5.41) is 10.6. The van der Waals surface area contributed by atoms with Gasteiger partial charge < -0.3 is 20.1 Å². The number of carbonyl (C=O) groups excluding carboxylic acids is 2. The topological polar surface area (TPSA) is 99.2 Å². The zero-order valence-electron chi connectivity index (χ0n) is 18.4. The first-order valence-corrected chi connectivity index (χ1v) is 10.7. The Morgan fingerprint density at radius 3 is 2.16 bits per heavy atom. The summed E-state index contributed by atoms with van der Waals surface area (Å²) in [4.78, 5) is 37.8. The second kappa shape index (κ2) is 10.8.